The highest BCUT2D eigenvalue weighted by molar-refractivity contribution is 8.26. The summed E-state index contributed by atoms with van der Waals surface area (Å²) in [5.74, 6) is 1.13. The summed E-state index contributed by atoms with van der Waals surface area (Å²) in [6.07, 6.45) is 7.99. The van der Waals surface area contributed by atoms with Gasteiger partial charge in [0.1, 0.15) is 21.8 Å². The molecule has 0 N–H and O–H groups in total. The minimum absolute atomic E-state index is 0.0796. The molecular formula is C33H43N5O2S2. The van der Waals surface area contributed by atoms with Crippen molar-refractivity contribution in [1.82, 2.24) is 9.47 Å². The molecular weight excluding hydrogens is 563 g/mol. The van der Waals surface area contributed by atoms with Crippen molar-refractivity contribution in [3.05, 3.63) is 62.3 Å². The number of carbonyl (C=O) groups excluding carboxylic acids is 1. The lowest BCUT2D eigenvalue weighted by molar-refractivity contribution is -0.122. The van der Waals surface area contributed by atoms with E-state index in [1.54, 1.807) is 9.47 Å². The summed E-state index contributed by atoms with van der Waals surface area (Å²) in [5.41, 5.74) is 2.47. The summed E-state index contributed by atoms with van der Waals surface area (Å²) in [6.45, 7) is 12.5. The number of thiocarbonyl (C=S) groups is 1. The van der Waals surface area contributed by atoms with Crippen LogP contribution in [0.4, 0.5) is 11.5 Å². The van der Waals surface area contributed by atoms with E-state index in [-0.39, 0.29) is 17.0 Å². The normalized spacial score (nSPS) is 17.3. The Hall–Kier alpha value is -3.09. The van der Waals surface area contributed by atoms with E-state index in [9.17, 15) is 14.9 Å². The van der Waals surface area contributed by atoms with E-state index in [0.29, 0.717) is 33.8 Å². The van der Waals surface area contributed by atoms with E-state index in [4.69, 9.17) is 12.2 Å². The lowest BCUT2D eigenvalue weighted by Gasteiger charge is -2.39. The first-order valence-electron chi connectivity index (χ1n) is 15.3. The van der Waals surface area contributed by atoms with Crippen LogP contribution in [0.15, 0.2) is 40.0 Å². The number of benzene rings is 1. The number of para-hydroxylation sites is 1. The summed E-state index contributed by atoms with van der Waals surface area (Å²) in [5, 5.41) is 10.0. The maximum Gasteiger partial charge on any atom is 0.270 e. The molecule has 2 saturated heterocycles. The highest BCUT2D eigenvalue weighted by Gasteiger charge is 2.34. The number of carbonyl (C=O) groups is 1. The Kier molecular flexibility index (Phi) is 11.3. The number of nitrogens with zero attached hydrogens (tertiary/aromatic N) is 5. The lowest BCUT2D eigenvalue weighted by atomic mass is 9.99. The fourth-order valence-corrected chi connectivity index (χ4v) is 7.04. The second-order valence-electron chi connectivity index (χ2n) is 11.2. The largest absolute Gasteiger partial charge is 0.368 e. The average molecular weight is 606 g/mol. The minimum atomic E-state index is -0.254. The monoisotopic (exact) mass is 605 g/mol. The van der Waals surface area contributed by atoms with E-state index in [0.717, 1.165) is 76.1 Å². The standard InChI is InChI=1S/C33H43N5O2S2/c1-5-8-13-25(7-3)23-38-32(40)29(42-33(38)41)21-27-24(4)28(22-34)31(39)37(16-9-6-2)30(27)36-19-17-35(18-20-36)26-14-11-10-12-15-26/h10-12,14-15,21,25H,5-9,13,16-20,23H2,1-4H3/b29-21+. The molecule has 0 bridgehead atoms. The zero-order valence-corrected chi connectivity index (χ0v) is 27.0. The maximum absolute atomic E-state index is 13.7. The van der Waals surface area contributed by atoms with Gasteiger partial charge in [-0.1, -0.05) is 88.6 Å². The average Bonchev–Trinajstić information content (AvgIpc) is 3.27. The molecule has 2 fully saturated rings. The van der Waals surface area contributed by atoms with E-state index < -0.39 is 0 Å². The minimum Gasteiger partial charge on any atom is -0.368 e. The third kappa shape index (κ3) is 6.92. The first-order valence-corrected chi connectivity index (χ1v) is 16.5. The van der Waals surface area contributed by atoms with Crippen LogP contribution in [-0.4, -0.2) is 52.4 Å². The number of pyridine rings is 1. The summed E-state index contributed by atoms with van der Waals surface area (Å²) in [6, 6.07) is 12.5. The van der Waals surface area contributed by atoms with Crippen LogP contribution in [-0.2, 0) is 11.3 Å². The van der Waals surface area contributed by atoms with Crippen molar-refractivity contribution in [3.8, 4) is 6.07 Å². The van der Waals surface area contributed by atoms with Crippen LogP contribution in [0.25, 0.3) is 6.08 Å². The van der Waals surface area contributed by atoms with Gasteiger partial charge in [-0.15, -0.1) is 0 Å². The zero-order valence-electron chi connectivity index (χ0n) is 25.4. The van der Waals surface area contributed by atoms with Gasteiger partial charge in [0, 0.05) is 50.5 Å². The third-order valence-electron chi connectivity index (χ3n) is 8.42. The molecule has 0 saturated carbocycles. The van der Waals surface area contributed by atoms with E-state index >= 15 is 0 Å². The molecule has 1 aromatic heterocycles. The number of hydrogen-bond acceptors (Lipinski definition) is 7. The molecule has 224 valence electrons. The maximum atomic E-state index is 13.7. The fraction of sp³-hybridized carbons (Fsp3) is 0.515. The molecule has 1 atom stereocenters. The Morgan fingerprint density at radius 1 is 1.02 bits per heavy atom. The van der Waals surface area contributed by atoms with Crippen LogP contribution < -0.4 is 15.4 Å². The van der Waals surface area contributed by atoms with E-state index in [1.807, 2.05) is 19.1 Å². The van der Waals surface area contributed by atoms with Gasteiger partial charge in [-0.2, -0.15) is 5.26 Å². The summed E-state index contributed by atoms with van der Waals surface area (Å²) in [4.78, 5) is 34.3. The number of hydrogen-bond donors (Lipinski definition) is 0. The van der Waals surface area contributed by atoms with Crippen molar-refractivity contribution >= 4 is 51.8 Å². The summed E-state index contributed by atoms with van der Waals surface area (Å²) >= 11 is 7.02. The second kappa shape index (κ2) is 14.9. The van der Waals surface area contributed by atoms with Crippen molar-refractivity contribution in [1.29, 1.82) is 5.26 Å². The van der Waals surface area contributed by atoms with Gasteiger partial charge in [0.25, 0.3) is 11.5 Å². The van der Waals surface area contributed by atoms with Crippen molar-refractivity contribution in [2.24, 2.45) is 5.92 Å². The van der Waals surface area contributed by atoms with Crippen molar-refractivity contribution in [2.75, 3.05) is 42.5 Å². The number of anilines is 2. The van der Waals surface area contributed by atoms with Gasteiger partial charge in [0.15, 0.2) is 0 Å². The molecule has 42 heavy (non-hydrogen) atoms. The predicted molar refractivity (Wildman–Crippen MR) is 179 cm³/mol. The molecule has 3 heterocycles. The number of unbranched alkanes of at least 4 members (excludes halogenated alkanes) is 2. The Bertz CT molecular complexity index is 1400. The number of thioether (sulfide) groups is 1. The number of amides is 1. The van der Waals surface area contributed by atoms with E-state index in [2.05, 4.69) is 60.9 Å². The number of rotatable bonds is 12. The summed E-state index contributed by atoms with van der Waals surface area (Å²) in [7, 11) is 0. The van der Waals surface area contributed by atoms with Crippen LogP contribution in [0.1, 0.15) is 76.0 Å². The number of aromatic nitrogens is 1. The Morgan fingerprint density at radius 2 is 1.69 bits per heavy atom. The van der Waals surface area contributed by atoms with Gasteiger partial charge in [-0.25, -0.2) is 0 Å². The van der Waals surface area contributed by atoms with Gasteiger partial charge in [-0.05, 0) is 49.5 Å². The molecule has 0 radical (unpaired) electrons. The van der Waals surface area contributed by atoms with Gasteiger partial charge >= 0.3 is 0 Å². The Labute approximate surface area is 260 Å². The van der Waals surface area contributed by atoms with Crippen LogP contribution in [0.5, 0.6) is 0 Å². The topological polar surface area (TPSA) is 72.6 Å². The molecule has 1 amide bonds. The van der Waals surface area contributed by atoms with Crippen LogP contribution in [0.3, 0.4) is 0 Å². The Morgan fingerprint density at radius 3 is 2.31 bits per heavy atom. The molecule has 0 aliphatic carbocycles. The number of nitriles is 1. The molecule has 2 aliphatic rings. The fourth-order valence-electron chi connectivity index (χ4n) is 5.79. The quantitative estimate of drug-likeness (QED) is 0.200. The highest BCUT2D eigenvalue weighted by Crippen LogP contribution is 2.37. The van der Waals surface area contributed by atoms with Gasteiger partial charge in [-0.3, -0.25) is 19.1 Å². The lowest BCUT2D eigenvalue weighted by Crippen LogP contribution is -2.48. The first-order chi connectivity index (χ1) is 20.3. The SMILES string of the molecule is CCCCC(CC)CN1C(=O)/C(=C\c2c(C)c(C#N)c(=O)n(CCCC)c2N2CCN(c3ccccc3)CC2)SC1=S. The van der Waals surface area contributed by atoms with E-state index in [1.165, 1.54) is 17.4 Å². The second-order valence-corrected chi connectivity index (χ2v) is 12.9. The first kappa shape index (κ1) is 31.8. The van der Waals surface area contributed by atoms with Gasteiger partial charge in [0.05, 0.1) is 4.91 Å². The molecule has 4 rings (SSSR count). The van der Waals surface area contributed by atoms with Crippen LogP contribution in [0, 0.1) is 24.2 Å². The highest BCUT2D eigenvalue weighted by atomic mass is 32.2. The van der Waals surface area contributed by atoms with Gasteiger partial charge < -0.3 is 9.80 Å². The molecule has 2 aromatic rings. The van der Waals surface area contributed by atoms with Crippen molar-refractivity contribution in [3.63, 3.8) is 0 Å². The van der Waals surface area contributed by atoms with Crippen LogP contribution >= 0.6 is 24.0 Å². The predicted octanol–water partition coefficient (Wildman–Crippen LogP) is 6.57. The van der Waals surface area contributed by atoms with Gasteiger partial charge in [0.2, 0.25) is 0 Å². The van der Waals surface area contributed by atoms with Crippen LogP contribution in [0.2, 0.25) is 0 Å². The van der Waals surface area contributed by atoms with Crippen molar-refractivity contribution in [2.45, 2.75) is 72.8 Å². The molecule has 0 spiro atoms. The summed E-state index contributed by atoms with van der Waals surface area (Å²) < 4.78 is 2.36. The van der Waals surface area contributed by atoms with Crippen molar-refractivity contribution < 1.29 is 4.79 Å². The zero-order chi connectivity index (χ0) is 30.2. The molecule has 9 heteroatoms. The number of piperazine rings is 1. The molecule has 1 aromatic carbocycles. The smallest absolute Gasteiger partial charge is 0.270 e. The third-order valence-corrected chi connectivity index (χ3v) is 9.79. The Balaban J connectivity index is 1.74. The molecule has 1 unspecified atom stereocenters. The molecule has 2 aliphatic heterocycles. The molecule has 7 nitrogen and oxygen atoms in total.